The van der Waals surface area contributed by atoms with Crippen LogP contribution >= 0.6 is 0 Å². The van der Waals surface area contributed by atoms with Gasteiger partial charge in [-0.15, -0.1) is 0 Å². The fourth-order valence-corrected chi connectivity index (χ4v) is 3.82. The standard InChI is InChI=1S/C27H21FN6O2/c1-4-5-24(35)33(3)21-8-7-20-25(26(21)28)27(31-16-30-20)32-18-6-9-22(17(2)14-18)36-19-10-12-34-13-11-29-23(34)15-19/h6-16H,1-3H3,(H,30,31,32). The quantitative estimate of drug-likeness (QED) is 0.346. The smallest absolute Gasteiger partial charge is 0.302 e. The molecule has 1 N–H and O–H groups in total. The van der Waals surface area contributed by atoms with Crippen LogP contribution in [0.5, 0.6) is 11.5 Å². The second-order valence-electron chi connectivity index (χ2n) is 8.02. The lowest BCUT2D eigenvalue weighted by molar-refractivity contribution is -0.113. The van der Waals surface area contributed by atoms with Crippen molar-refractivity contribution in [3.05, 3.63) is 78.8 Å². The summed E-state index contributed by atoms with van der Waals surface area (Å²) in [5.74, 6) is 5.44. The Morgan fingerprint density at radius 2 is 1.97 bits per heavy atom. The highest BCUT2D eigenvalue weighted by atomic mass is 19.1. The Labute approximate surface area is 206 Å². The van der Waals surface area contributed by atoms with E-state index in [1.54, 1.807) is 19.2 Å². The Bertz CT molecular complexity index is 1680. The number of amides is 1. The number of carbonyl (C=O) groups excluding carboxylic acids is 1. The van der Waals surface area contributed by atoms with Crippen molar-refractivity contribution in [2.24, 2.45) is 0 Å². The number of benzene rings is 2. The molecule has 0 saturated carbocycles. The van der Waals surface area contributed by atoms with Gasteiger partial charge < -0.3 is 19.4 Å². The molecule has 0 unspecified atom stereocenters. The maximum absolute atomic E-state index is 15.6. The van der Waals surface area contributed by atoms with Crippen LogP contribution < -0.4 is 15.0 Å². The molecule has 0 radical (unpaired) electrons. The van der Waals surface area contributed by atoms with Crippen molar-refractivity contribution in [3.63, 3.8) is 0 Å². The van der Waals surface area contributed by atoms with Crippen molar-refractivity contribution in [2.75, 3.05) is 17.3 Å². The minimum atomic E-state index is -0.615. The van der Waals surface area contributed by atoms with Gasteiger partial charge in [-0.1, -0.05) is 5.92 Å². The lowest BCUT2D eigenvalue weighted by Gasteiger charge is -2.17. The highest BCUT2D eigenvalue weighted by molar-refractivity contribution is 6.07. The molecular weight excluding hydrogens is 459 g/mol. The van der Waals surface area contributed by atoms with E-state index < -0.39 is 11.7 Å². The van der Waals surface area contributed by atoms with Gasteiger partial charge in [0.2, 0.25) is 0 Å². The molecule has 0 spiro atoms. The molecule has 8 nitrogen and oxygen atoms in total. The highest BCUT2D eigenvalue weighted by Gasteiger charge is 2.19. The average molecular weight is 481 g/mol. The SMILES string of the molecule is CC#CC(=O)N(C)c1ccc2ncnc(Nc3ccc(Oc4ccn5ccnc5c4)c(C)c3)c2c1F. The van der Waals surface area contributed by atoms with Gasteiger partial charge in [0.15, 0.2) is 5.82 Å². The molecule has 5 rings (SSSR count). The van der Waals surface area contributed by atoms with Crippen LogP contribution in [0.25, 0.3) is 16.6 Å². The number of fused-ring (bicyclic) bond motifs is 2. The van der Waals surface area contributed by atoms with Gasteiger partial charge in [0.1, 0.15) is 29.3 Å². The zero-order valence-corrected chi connectivity index (χ0v) is 19.8. The Morgan fingerprint density at radius 1 is 1.11 bits per heavy atom. The first-order chi connectivity index (χ1) is 17.4. The fourth-order valence-electron chi connectivity index (χ4n) is 3.82. The Morgan fingerprint density at radius 3 is 2.78 bits per heavy atom. The summed E-state index contributed by atoms with van der Waals surface area (Å²) in [4.78, 5) is 26.0. The zero-order valence-electron chi connectivity index (χ0n) is 19.8. The number of rotatable bonds is 5. The third-order valence-electron chi connectivity index (χ3n) is 5.65. The van der Waals surface area contributed by atoms with Gasteiger partial charge in [0.25, 0.3) is 0 Å². The first-order valence-electron chi connectivity index (χ1n) is 11.1. The normalized spacial score (nSPS) is 10.7. The first-order valence-corrected chi connectivity index (χ1v) is 11.1. The summed E-state index contributed by atoms with van der Waals surface area (Å²) in [6, 6.07) is 12.4. The third-order valence-corrected chi connectivity index (χ3v) is 5.65. The molecule has 1 amide bonds. The van der Waals surface area contributed by atoms with E-state index >= 15 is 4.39 Å². The van der Waals surface area contributed by atoms with Crippen LogP contribution in [0.3, 0.4) is 0 Å². The molecule has 0 bridgehead atoms. The lowest BCUT2D eigenvalue weighted by Crippen LogP contribution is -2.25. The minimum Gasteiger partial charge on any atom is -0.457 e. The van der Waals surface area contributed by atoms with Crippen LogP contribution in [-0.4, -0.2) is 32.3 Å². The summed E-state index contributed by atoms with van der Waals surface area (Å²) in [7, 11) is 1.47. The van der Waals surface area contributed by atoms with Gasteiger partial charge in [-0.05, 0) is 61.7 Å². The van der Waals surface area contributed by atoms with Crippen molar-refractivity contribution in [1.82, 2.24) is 19.4 Å². The number of hydrogen-bond donors (Lipinski definition) is 1. The number of ether oxygens (including phenoxy) is 1. The van der Waals surface area contributed by atoms with E-state index in [0.717, 1.165) is 11.2 Å². The van der Waals surface area contributed by atoms with Gasteiger partial charge in [0.05, 0.1) is 16.6 Å². The van der Waals surface area contributed by atoms with Gasteiger partial charge in [-0.2, -0.15) is 0 Å². The fraction of sp³-hybridized carbons (Fsp3) is 0.111. The van der Waals surface area contributed by atoms with Crippen LogP contribution in [0.2, 0.25) is 0 Å². The molecule has 0 fully saturated rings. The van der Waals surface area contributed by atoms with Crippen LogP contribution in [0, 0.1) is 24.6 Å². The van der Waals surface area contributed by atoms with Crippen molar-refractivity contribution < 1.29 is 13.9 Å². The van der Waals surface area contributed by atoms with E-state index in [4.69, 9.17) is 4.74 Å². The Hall–Kier alpha value is -4.97. The van der Waals surface area contributed by atoms with Crippen LogP contribution in [-0.2, 0) is 4.79 Å². The van der Waals surface area contributed by atoms with E-state index in [1.807, 2.05) is 54.0 Å². The molecule has 2 aromatic carbocycles. The number of carbonyl (C=O) groups is 1. The summed E-state index contributed by atoms with van der Waals surface area (Å²) < 4.78 is 23.5. The highest BCUT2D eigenvalue weighted by Crippen LogP contribution is 2.33. The van der Waals surface area contributed by atoms with Gasteiger partial charge >= 0.3 is 5.91 Å². The van der Waals surface area contributed by atoms with Gasteiger partial charge in [-0.3, -0.25) is 4.79 Å². The third kappa shape index (κ3) is 4.28. The minimum absolute atomic E-state index is 0.0856. The summed E-state index contributed by atoms with van der Waals surface area (Å²) in [5.41, 5.74) is 2.83. The molecule has 0 aliphatic heterocycles. The van der Waals surface area contributed by atoms with E-state index in [1.165, 1.54) is 24.3 Å². The molecule has 0 atom stereocenters. The maximum atomic E-state index is 15.6. The monoisotopic (exact) mass is 480 g/mol. The molecule has 0 aliphatic carbocycles. The molecule has 0 aliphatic rings. The predicted octanol–water partition coefficient (Wildman–Crippen LogP) is 5.25. The summed E-state index contributed by atoms with van der Waals surface area (Å²) in [6.07, 6.45) is 6.83. The Kier molecular flexibility index (Phi) is 5.92. The van der Waals surface area contributed by atoms with Crippen molar-refractivity contribution >= 4 is 39.6 Å². The number of pyridine rings is 1. The van der Waals surface area contributed by atoms with Crippen molar-refractivity contribution in [1.29, 1.82) is 0 Å². The second kappa shape index (κ2) is 9.35. The van der Waals surface area contributed by atoms with Crippen LogP contribution in [0.1, 0.15) is 12.5 Å². The number of nitrogens with one attached hydrogen (secondary N) is 1. The largest absolute Gasteiger partial charge is 0.457 e. The molecule has 36 heavy (non-hydrogen) atoms. The molecule has 5 aromatic rings. The van der Waals surface area contributed by atoms with Gasteiger partial charge in [-0.25, -0.2) is 19.3 Å². The number of imidazole rings is 1. The molecule has 3 aromatic heterocycles. The molecule has 0 saturated heterocycles. The lowest BCUT2D eigenvalue weighted by atomic mass is 10.1. The second-order valence-corrected chi connectivity index (χ2v) is 8.02. The summed E-state index contributed by atoms with van der Waals surface area (Å²) in [5, 5.41) is 3.34. The number of anilines is 3. The van der Waals surface area contributed by atoms with Crippen LogP contribution in [0.4, 0.5) is 21.6 Å². The van der Waals surface area contributed by atoms with Crippen LogP contribution in [0.15, 0.2) is 67.4 Å². The zero-order chi connectivity index (χ0) is 25.2. The summed E-state index contributed by atoms with van der Waals surface area (Å²) in [6.45, 7) is 3.47. The Balaban J connectivity index is 1.44. The van der Waals surface area contributed by atoms with E-state index in [-0.39, 0.29) is 16.9 Å². The number of halogens is 1. The number of nitrogens with zero attached hydrogens (tertiary/aromatic N) is 5. The number of hydrogen-bond acceptors (Lipinski definition) is 6. The molecule has 3 heterocycles. The molecular formula is C27H21FN6O2. The predicted molar refractivity (Wildman–Crippen MR) is 136 cm³/mol. The average Bonchev–Trinajstić information content (AvgIpc) is 3.34. The van der Waals surface area contributed by atoms with E-state index in [9.17, 15) is 4.79 Å². The van der Waals surface area contributed by atoms with Gasteiger partial charge in [0, 0.05) is 37.4 Å². The first kappa shape index (κ1) is 22.8. The van der Waals surface area contributed by atoms with E-state index in [0.29, 0.717) is 22.7 Å². The molecule has 178 valence electrons. The van der Waals surface area contributed by atoms with E-state index in [2.05, 4.69) is 32.1 Å². The molecule has 9 heteroatoms. The maximum Gasteiger partial charge on any atom is 0.302 e. The van der Waals surface area contributed by atoms with Crippen molar-refractivity contribution in [3.8, 4) is 23.3 Å². The summed E-state index contributed by atoms with van der Waals surface area (Å²) >= 11 is 0. The number of aryl methyl sites for hydroxylation is 1. The number of aromatic nitrogens is 4. The topological polar surface area (TPSA) is 84.7 Å². The van der Waals surface area contributed by atoms with Crippen molar-refractivity contribution in [2.45, 2.75) is 13.8 Å².